The van der Waals surface area contributed by atoms with Crippen molar-refractivity contribution in [1.29, 1.82) is 0 Å². The summed E-state index contributed by atoms with van der Waals surface area (Å²) in [5.41, 5.74) is 0. The van der Waals surface area contributed by atoms with Gasteiger partial charge in [-0.3, -0.25) is 4.98 Å². The number of rotatable bonds is 2. The van der Waals surface area contributed by atoms with Crippen LogP contribution in [0.15, 0.2) is 22.9 Å². The first-order valence-electron chi connectivity index (χ1n) is 5.51. The van der Waals surface area contributed by atoms with Crippen LogP contribution in [0, 0.1) is 5.92 Å². The quantitative estimate of drug-likeness (QED) is 0.815. The Bertz CT molecular complexity index is 329. The summed E-state index contributed by atoms with van der Waals surface area (Å²) in [6.45, 7) is 2.30. The van der Waals surface area contributed by atoms with Crippen LogP contribution in [0.1, 0.15) is 32.6 Å². The molecule has 1 aliphatic rings. The Hall–Kier alpha value is -0.570. The lowest BCUT2D eigenvalue weighted by molar-refractivity contribution is 0.128. The highest BCUT2D eigenvalue weighted by Gasteiger charge is 2.20. The Labute approximate surface area is 99.2 Å². The van der Waals surface area contributed by atoms with Crippen molar-refractivity contribution in [3.63, 3.8) is 0 Å². The SMILES string of the molecule is CC1CCCC(Oc2cncc(Br)c2)C1. The Morgan fingerprint density at radius 2 is 2.27 bits per heavy atom. The molecule has 0 amide bonds. The first-order valence-corrected chi connectivity index (χ1v) is 6.30. The van der Waals surface area contributed by atoms with Crippen molar-refractivity contribution in [3.05, 3.63) is 22.9 Å². The number of aromatic nitrogens is 1. The van der Waals surface area contributed by atoms with Gasteiger partial charge in [0, 0.05) is 10.7 Å². The molecule has 0 spiro atoms. The van der Waals surface area contributed by atoms with Crippen LogP contribution in [-0.4, -0.2) is 11.1 Å². The van der Waals surface area contributed by atoms with Crippen molar-refractivity contribution in [1.82, 2.24) is 4.98 Å². The lowest BCUT2D eigenvalue weighted by Crippen LogP contribution is -2.24. The lowest BCUT2D eigenvalue weighted by atomic mass is 9.89. The Morgan fingerprint density at radius 3 is 3.00 bits per heavy atom. The van der Waals surface area contributed by atoms with Gasteiger partial charge in [-0.1, -0.05) is 13.3 Å². The highest BCUT2D eigenvalue weighted by atomic mass is 79.9. The van der Waals surface area contributed by atoms with Crippen LogP contribution in [-0.2, 0) is 0 Å². The average molecular weight is 270 g/mol. The van der Waals surface area contributed by atoms with E-state index in [-0.39, 0.29) is 0 Å². The summed E-state index contributed by atoms with van der Waals surface area (Å²) in [6.07, 6.45) is 8.91. The minimum atomic E-state index is 0.379. The van der Waals surface area contributed by atoms with Gasteiger partial charge in [-0.15, -0.1) is 0 Å². The monoisotopic (exact) mass is 269 g/mol. The van der Waals surface area contributed by atoms with Gasteiger partial charge in [-0.05, 0) is 47.2 Å². The third kappa shape index (κ3) is 3.20. The van der Waals surface area contributed by atoms with Gasteiger partial charge < -0.3 is 4.74 Å². The number of hydrogen-bond donors (Lipinski definition) is 0. The summed E-state index contributed by atoms with van der Waals surface area (Å²) < 4.78 is 6.89. The molecule has 2 rings (SSSR count). The Kier molecular flexibility index (Phi) is 3.62. The summed E-state index contributed by atoms with van der Waals surface area (Å²) in [6, 6.07) is 1.98. The normalized spacial score (nSPS) is 26.3. The van der Waals surface area contributed by atoms with Crippen LogP contribution in [0.25, 0.3) is 0 Å². The smallest absolute Gasteiger partial charge is 0.139 e. The van der Waals surface area contributed by atoms with Gasteiger partial charge >= 0.3 is 0 Å². The molecule has 2 nitrogen and oxygen atoms in total. The summed E-state index contributed by atoms with van der Waals surface area (Å²) in [5.74, 6) is 1.67. The van der Waals surface area contributed by atoms with Gasteiger partial charge in [0.05, 0.1) is 12.3 Å². The van der Waals surface area contributed by atoms with Gasteiger partial charge in [0.1, 0.15) is 5.75 Å². The van der Waals surface area contributed by atoms with E-state index >= 15 is 0 Å². The maximum Gasteiger partial charge on any atom is 0.139 e. The molecule has 0 N–H and O–H groups in total. The molecule has 15 heavy (non-hydrogen) atoms. The molecule has 1 heterocycles. The molecule has 0 saturated heterocycles. The summed E-state index contributed by atoms with van der Waals surface area (Å²) >= 11 is 3.40. The second-order valence-electron chi connectivity index (χ2n) is 4.35. The second kappa shape index (κ2) is 4.97. The molecule has 1 aromatic rings. The second-order valence-corrected chi connectivity index (χ2v) is 5.27. The fraction of sp³-hybridized carbons (Fsp3) is 0.583. The molecule has 1 aliphatic carbocycles. The topological polar surface area (TPSA) is 22.1 Å². The fourth-order valence-electron chi connectivity index (χ4n) is 2.13. The maximum absolute atomic E-state index is 5.91. The molecule has 1 saturated carbocycles. The molecule has 0 aromatic carbocycles. The largest absolute Gasteiger partial charge is 0.489 e. The number of ether oxygens (including phenoxy) is 1. The van der Waals surface area contributed by atoms with Crippen molar-refractivity contribution >= 4 is 15.9 Å². The minimum Gasteiger partial charge on any atom is -0.489 e. The van der Waals surface area contributed by atoms with E-state index in [1.54, 1.807) is 12.4 Å². The summed E-state index contributed by atoms with van der Waals surface area (Å²) in [4.78, 5) is 4.10. The number of pyridine rings is 1. The predicted octanol–water partition coefficient (Wildman–Crippen LogP) is 3.80. The zero-order chi connectivity index (χ0) is 10.7. The molecule has 3 heteroatoms. The van der Waals surface area contributed by atoms with Crippen LogP contribution in [0.5, 0.6) is 5.75 Å². The van der Waals surface area contributed by atoms with E-state index in [2.05, 4.69) is 27.8 Å². The molecular formula is C12H16BrNO. The molecule has 0 aliphatic heterocycles. The van der Waals surface area contributed by atoms with Crippen molar-refractivity contribution < 1.29 is 4.74 Å². The lowest BCUT2D eigenvalue weighted by Gasteiger charge is -2.27. The van der Waals surface area contributed by atoms with Crippen molar-refractivity contribution in [2.24, 2.45) is 5.92 Å². The maximum atomic E-state index is 5.91. The van der Waals surface area contributed by atoms with E-state index in [0.717, 1.165) is 16.1 Å². The van der Waals surface area contributed by atoms with E-state index in [4.69, 9.17) is 4.74 Å². The van der Waals surface area contributed by atoms with E-state index in [1.165, 1.54) is 25.7 Å². The molecule has 0 radical (unpaired) electrons. The van der Waals surface area contributed by atoms with Crippen molar-refractivity contribution in [2.75, 3.05) is 0 Å². The third-order valence-corrected chi connectivity index (χ3v) is 3.30. The Morgan fingerprint density at radius 1 is 1.40 bits per heavy atom. The highest BCUT2D eigenvalue weighted by Crippen LogP contribution is 2.27. The Balaban J connectivity index is 1.96. The predicted molar refractivity (Wildman–Crippen MR) is 64.0 cm³/mol. The van der Waals surface area contributed by atoms with Crippen LogP contribution in [0.2, 0.25) is 0 Å². The molecule has 0 bridgehead atoms. The zero-order valence-corrected chi connectivity index (χ0v) is 10.5. The van der Waals surface area contributed by atoms with E-state index < -0.39 is 0 Å². The molecule has 2 atom stereocenters. The number of nitrogens with zero attached hydrogens (tertiary/aromatic N) is 1. The van der Waals surface area contributed by atoms with Gasteiger partial charge in [-0.2, -0.15) is 0 Å². The van der Waals surface area contributed by atoms with Crippen LogP contribution in [0.3, 0.4) is 0 Å². The molecule has 2 unspecified atom stereocenters. The summed E-state index contributed by atoms with van der Waals surface area (Å²) in [7, 11) is 0. The van der Waals surface area contributed by atoms with Crippen LogP contribution in [0.4, 0.5) is 0 Å². The van der Waals surface area contributed by atoms with E-state index in [9.17, 15) is 0 Å². The first-order chi connectivity index (χ1) is 7.24. The first kappa shape index (κ1) is 10.9. The third-order valence-electron chi connectivity index (χ3n) is 2.87. The van der Waals surface area contributed by atoms with E-state index in [0.29, 0.717) is 6.10 Å². The number of hydrogen-bond acceptors (Lipinski definition) is 2. The van der Waals surface area contributed by atoms with Gasteiger partial charge in [-0.25, -0.2) is 0 Å². The van der Waals surface area contributed by atoms with Gasteiger partial charge in [0.2, 0.25) is 0 Å². The molecular weight excluding hydrogens is 254 g/mol. The zero-order valence-electron chi connectivity index (χ0n) is 8.95. The minimum absolute atomic E-state index is 0.379. The van der Waals surface area contributed by atoms with Gasteiger partial charge in [0.25, 0.3) is 0 Å². The fourth-order valence-corrected chi connectivity index (χ4v) is 2.48. The average Bonchev–Trinajstić information content (AvgIpc) is 2.17. The molecule has 1 fully saturated rings. The van der Waals surface area contributed by atoms with Crippen LogP contribution < -0.4 is 4.74 Å². The summed E-state index contributed by atoms with van der Waals surface area (Å²) in [5, 5.41) is 0. The van der Waals surface area contributed by atoms with Crippen molar-refractivity contribution in [3.8, 4) is 5.75 Å². The highest BCUT2D eigenvalue weighted by molar-refractivity contribution is 9.10. The molecule has 82 valence electrons. The van der Waals surface area contributed by atoms with Crippen molar-refractivity contribution in [2.45, 2.75) is 38.7 Å². The van der Waals surface area contributed by atoms with E-state index in [1.807, 2.05) is 6.07 Å². The van der Waals surface area contributed by atoms with Gasteiger partial charge in [0.15, 0.2) is 0 Å². The standard InChI is InChI=1S/C12H16BrNO/c1-9-3-2-4-11(5-9)15-12-6-10(13)7-14-8-12/h6-9,11H,2-5H2,1H3. The van der Waals surface area contributed by atoms with Crippen LogP contribution >= 0.6 is 15.9 Å². The molecule has 1 aromatic heterocycles. The number of halogens is 1.